The van der Waals surface area contributed by atoms with Gasteiger partial charge in [0, 0.05) is 37.1 Å². The third-order valence-electron chi connectivity index (χ3n) is 5.87. The fourth-order valence-electron chi connectivity index (χ4n) is 3.91. The minimum atomic E-state index is -0.454. The smallest absolute Gasteiger partial charge is 0.173 e. The van der Waals surface area contributed by atoms with Crippen molar-refractivity contribution in [2.45, 2.75) is 19.9 Å². The molecular formula is C25H29FN10O. The highest BCUT2D eigenvalue weighted by molar-refractivity contribution is 5.78. The lowest BCUT2D eigenvalue weighted by Crippen LogP contribution is -2.30. The molecule has 192 valence electrons. The van der Waals surface area contributed by atoms with Crippen LogP contribution < -0.4 is 20.7 Å². The molecule has 0 aliphatic rings. The van der Waals surface area contributed by atoms with Gasteiger partial charge in [-0.2, -0.15) is 10.4 Å². The van der Waals surface area contributed by atoms with Crippen molar-refractivity contribution in [1.82, 2.24) is 29.5 Å². The molecule has 0 amide bonds. The summed E-state index contributed by atoms with van der Waals surface area (Å²) < 4.78 is 21.6. The summed E-state index contributed by atoms with van der Waals surface area (Å²) in [6.07, 6.45) is 3.14. The van der Waals surface area contributed by atoms with Crippen molar-refractivity contribution in [1.29, 1.82) is 5.26 Å². The lowest BCUT2D eigenvalue weighted by Gasteiger charge is -2.28. The van der Waals surface area contributed by atoms with Crippen LogP contribution in [0, 0.1) is 24.1 Å². The van der Waals surface area contributed by atoms with Gasteiger partial charge < -0.3 is 25.6 Å². The first-order valence-corrected chi connectivity index (χ1v) is 11.6. The number of rotatable bonds is 9. The highest BCUT2D eigenvalue weighted by Gasteiger charge is 2.23. The van der Waals surface area contributed by atoms with Crippen LogP contribution in [0.1, 0.15) is 29.9 Å². The van der Waals surface area contributed by atoms with E-state index < -0.39 is 11.9 Å². The number of nitriles is 1. The minimum absolute atomic E-state index is 0.0835. The molecule has 3 heterocycles. The monoisotopic (exact) mass is 504 g/mol. The van der Waals surface area contributed by atoms with Gasteiger partial charge in [0.15, 0.2) is 11.6 Å². The predicted octanol–water partition coefficient (Wildman–Crippen LogP) is 3.30. The van der Waals surface area contributed by atoms with E-state index in [9.17, 15) is 9.65 Å². The Kier molecular flexibility index (Phi) is 7.35. The first kappa shape index (κ1) is 25.6. The molecule has 1 aromatic carbocycles. The van der Waals surface area contributed by atoms with Crippen molar-refractivity contribution in [2.24, 2.45) is 0 Å². The number of hydrogen-bond donors (Lipinski definition) is 2. The molecule has 0 unspecified atom stereocenters. The Morgan fingerprint density at radius 1 is 1.24 bits per heavy atom. The van der Waals surface area contributed by atoms with E-state index in [1.165, 1.54) is 25.6 Å². The zero-order valence-corrected chi connectivity index (χ0v) is 21.4. The van der Waals surface area contributed by atoms with Gasteiger partial charge in [-0.3, -0.25) is 0 Å². The van der Waals surface area contributed by atoms with E-state index >= 15 is 0 Å². The van der Waals surface area contributed by atoms with Crippen molar-refractivity contribution in [3.05, 3.63) is 59.6 Å². The molecule has 0 saturated heterocycles. The number of hydrogen-bond acceptors (Lipinski definition) is 10. The Labute approximate surface area is 214 Å². The molecule has 4 aromatic rings. The van der Waals surface area contributed by atoms with Crippen LogP contribution in [0.2, 0.25) is 0 Å². The van der Waals surface area contributed by atoms with Gasteiger partial charge in [0.1, 0.15) is 46.7 Å². The second-order valence-corrected chi connectivity index (χ2v) is 8.85. The SMILES string of the molecule is COc1cc(F)cc(N(CCN(C)C)c2nc([C@H](C)Nc3ncnc(N)c3C#N)nn3ccc(C)c23)c1. The molecule has 0 aliphatic heterocycles. The molecule has 37 heavy (non-hydrogen) atoms. The van der Waals surface area contributed by atoms with Crippen LogP contribution in [0.4, 0.5) is 27.5 Å². The Morgan fingerprint density at radius 3 is 2.73 bits per heavy atom. The third kappa shape index (κ3) is 5.36. The van der Waals surface area contributed by atoms with Gasteiger partial charge in [0.05, 0.1) is 13.2 Å². The van der Waals surface area contributed by atoms with Crippen LogP contribution >= 0.6 is 0 Å². The summed E-state index contributed by atoms with van der Waals surface area (Å²) in [5.74, 6) is 1.41. The van der Waals surface area contributed by atoms with Crippen LogP contribution in [0.5, 0.6) is 5.75 Å². The molecule has 0 bridgehead atoms. The lowest BCUT2D eigenvalue weighted by molar-refractivity contribution is 0.410. The van der Waals surface area contributed by atoms with E-state index in [2.05, 4.69) is 15.3 Å². The standard InChI is InChI=1S/C25H29FN10O/c1-15-6-7-36-21(15)25(35(9-8-34(3)4)18-10-17(26)11-19(12-18)37-5)32-23(33-36)16(2)31-24-20(13-27)22(28)29-14-30-24/h6-7,10-12,14,16H,8-9H2,1-5H3,(H3,28,29,30,31)/t16-/m0/s1. The Balaban J connectivity index is 1.85. The molecule has 12 heteroatoms. The second-order valence-electron chi connectivity index (χ2n) is 8.85. The number of fused-ring (bicyclic) bond motifs is 1. The van der Waals surface area contributed by atoms with Crippen LogP contribution in [-0.4, -0.2) is 63.8 Å². The zero-order chi connectivity index (χ0) is 26.7. The van der Waals surface area contributed by atoms with Gasteiger partial charge in [0.25, 0.3) is 0 Å². The topological polar surface area (TPSA) is 134 Å². The third-order valence-corrected chi connectivity index (χ3v) is 5.87. The van der Waals surface area contributed by atoms with E-state index in [1.807, 2.05) is 56.1 Å². The van der Waals surface area contributed by atoms with Crippen LogP contribution in [0.15, 0.2) is 36.8 Å². The predicted molar refractivity (Wildman–Crippen MR) is 139 cm³/mol. The number of nitrogens with one attached hydrogen (secondary N) is 1. The van der Waals surface area contributed by atoms with Crippen molar-refractivity contribution in [3.8, 4) is 11.8 Å². The molecule has 11 nitrogen and oxygen atoms in total. The first-order chi connectivity index (χ1) is 17.7. The van der Waals surface area contributed by atoms with E-state index in [1.54, 1.807) is 10.6 Å². The Hall–Kier alpha value is -4.50. The number of aromatic nitrogens is 5. The molecule has 0 spiro atoms. The minimum Gasteiger partial charge on any atom is -0.497 e. The van der Waals surface area contributed by atoms with Gasteiger partial charge in [-0.05, 0) is 45.6 Å². The average Bonchev–Trinajstić information content (AvgIpc) is 3.24. The molecule has 4 rings (SSSR count). The number of nitrogen functional groups attached to an aromatic ring is 1. The van der Waals surface area contributed by atoms with Crippen LogP contribution in [-0.2, 0) is 0 Å². The summed E-state index contributed by atoms with van der Waals surface area (Å²) in [6.45, 7) is 5.04. The largest absolute Gasteiger partial charge is 0.497 e. The maximum absolute atomic E-state index is 14.6. The molecule has 0 saturated carbocycles. The number of ether oxygens (including phenoxy) is 1. The van der Waals surface area contributed by atoms with Crippen molar-refractivity contribution in [2.75, 3.05) is 50.2 Å². The maximum Gasteiger partial charge on any atom is 0.173 e. The number of benzene rings is 1. The average molecular weight is 505 g/mol. The molecule has 1 atom stereocenters. The van der Waals surface area contributed by atoms with E-state index in [0.29, 0.717) is 36.2 Å². The Morgan fingerprint density at radius 2 is 2.03 bits per heavy atom. The molecule has 3 aromatic heterocycles. The van der Waals surface area contributed by atoms with Gasteiger partial charge >= 0.3 is 0 Å². The maximum atomic E-state index is 14.6. The molecule has 3 N–H and O–H groups in total. The highest BCUT2D eigenvalue weighted by atomic mass is 19.1. The first-order valence-electron chi connectivity index (χ1n) is 11.6. The van der Waals surface area contributed by atoms with E-state index in [0.717, 1.165) is 11.1 Å². The highest BCUT2D eigenvalue weighted by Crippen LogP contribution is 2.33. The van der Waals surface area contributed by atoms with Crippen LogP contribution in [0.25, 0.3) is 5.52 Å². The number of methoxy groups -OCH3 is 1. The Bertz CT molecular complexity index is 1460. The molecule has 0 aliphatic carbocycles. The number of likely N-dealkylation sites (N-methyl/N-ethyl adjacent to an activating group) is 1. The van der Waals surface area contributed by atoms with Crippen molar-refractivity contribution < 1.29 is 9.13 Å². The van der Waals surface area contributed by atoms with Gasteiger partial charge in [-0.25, -0.2) is 23.9 Å². The lowest BCUT2D eigenvalue weighted by atomic mass is 10.2. The summed E-state index contributed by atoms with van der Waals surface area (Å²) >= 11 is 0. The van der Waals surface area contributed by atoms with Gasteiger partial charge in [-0.1, -0.05) is 0 Å². The molecule has 0 fully saturated rings. The van der Waals surface area contributed by atoms with Crippen molar-refractivity contribution >= 4 is 28.7 Å². The summed E-state index contributed by atoms with van der Waals surface area (Å²) in [7, 11) is 5.45. The van der Waals surface area contributed by atoms with Crippen LogP contribution in [0.3, 0.4) is 0 Å². The molecule has 0 radical (unpaired) electrons. The number of halogens is 1. The summed E-state index contributed by atoms with van der Waals surface area (Å²) in [5, 5.41) is 17.4. The summed E-state index contributed by atoms with van der Waals surface area (Å²) in [4.78, 5) is 17.0. The van der Waals surface area contributed by atoms with E-state index in [-0.39, 0.29) is 17.2 Å². The molecular weight excluding hydrogens is 475 g/mol. The van der Waals surface area contributed by atoms with Crippen molar-refractivity contribution in [3.63, 3.8) is 0 Å². The number of anilines is 4. The van der Waals surface area contributed by atoms with Gasteiger partial charge in [0.2, 0.25) is 0 Å². The second kappa shape index (κ2) is 10.6. The number of aryl methyl sites for hydroxylation is 1. The number of nitrogens with zero attached hydrogens (tertiary/aromatic N) is 8. The van der Waals surface area contributed by atoms with Gasteiger partial charge in [-0.15, -0.1) is 0 Å². The fraction of sp³-hybridized carbons (Fsp3) is 0.320. The zero-order valence-electron chi connectivity index (χ0n) is 21.4. The number of nitrogens with two attached hydrogens (primary N) is 1. The van der Waals surface area contributed by atoms with E-state index in [4.69, 9.17) is 20.6 Å². The fourth-order valence-corrected chi connectivity index (χ4v) is 3.91. The normalized spacial score (nSPS) is 11.9. The quantitative estimate of drug-likeness (QED) is 0.350. The summed E-state index contributed by atoms with van der Waals surface area (Å²) in [5.41, 5.74) is 8.35. The summed E-state index contributed by atoms with van der Waals surface area (Å²) in [6, 6.07) is 8.10.